The Kier molecular flexibility index (Phi) is 19.7. The summed E-state index contributed by atoms with van der Waals surface area (Å²) in [6.45, 7) is 18.5. The van der Waals surface area contributed by atoms with Crippen LogP contribution in [0.4, 0.5) is 0 Å². The molecule has 218 valence electrons. The van der Waals surface area contributed by atoms with Gasteiger partial charge in [-0.25, -0.2) is 0 Å². The SMILES string of the molecule is C/C1=C/C2COC(=O)CC(O)C(O2)C(=O)C(C)CC(C)CCC1.C/C=C\C(=C\C)N=C(C)CCCC.CC. The van der Waals surface area contributed by atoms with E-state index in [9.17, 15) is 14.7 Å². The van der Waals surface area contributed by atoms with Crippen LogP contribution in [0, 0.1) is 11.8 Å². The molecule has 2 heterocycles. The molecule has 0 saturated carbocycles. The lowest BCUT2D eigenvalue weighted by Gasteiger charge is -2.31. The molecule has 0 aliphatic carbocycles. The number of Topliss-reactive ketones (excluding diaryl/α,β-unsaturated/α-hetero) is 1. The van der Waals surface area contributed by atoms with E-state index in [1.807, 2.05) is 65.8 Å². The normalized spacial score (nSPS) is 29.1. The first-order valence-electron chi connectivity index (χ1n) is 14.6. The lowest BCUT2D eigenvalue weighted by Crippen LogP contribution is -2.46. The van der Waals surface area contributed by atoms with Gasteiger partial charge in [0, 0.05) is 11.6 Å². The number of ketones is 1. The van der Waals surface area contributed by atoms with Gasteiger partial charge in [0.25, 0.3) is 0 Å². The van der Waals surface area contributed by atoms with E-state index >= 15 is 0 Å². The second-order valence-corrected chi connectivity index (χ2v) is 10.3. The van der Waals surface area contributed by atoms with Crippen LogP contribution in [0.15, 0.2) is 40.6 Å². The number of carbonyl (C=O) groups excluding carboxylic acids is 2. The van der Waals surface area contributed by atoms with Crippen LogP contribution in [0.25, 0.3) is 0 Å². The number of hydrogen-bond donors (Lipinski definition) is 1. The van der Waals surface area contributed by atoms with Gasteiger partial charge < -0.3 is 14.6 Å². The molecule has 0 radical (unpaired) electrons. The molecule has 2 bridgehead atoms. The largest absolute Gasteiger partial charge is 0.462 e. The number of aliphatic hydroxyl groups excluding tert-OH is 1. The maximum absolute atomic E-state index is 12.7. The van der Waals surface area contributed by atoms with Crippen molar-refractivity contribution in [3.05, 3.63) is 35.6 Å². The summed E-state index contributed by atoms with van der Waals surface area (Å²) in [6.07, 6.45) is 12.7. The molecule has 0 aromatic heterocycles. The minimum atomic E-state index is -1.15. The number of esters is 1. The maximum Gasteiger partial charge on any atom is 0.308 e. The second kappa shape index (κ2) is 20.9. The number of rotatable bonds is 5. The number of hydrogen-bond acceptors (Lipinski definition) is 6. The first kappa shape index (κ1) is 35.9. The third-order valence-electron chi connectivity index (χ3n) is 6.56. The first-order chi connectivity index (χ1) is 18.1. The van der Waals surface area contributed by atoms with Crippen LogP contribution >= 0.6 is 0 Å². The second-order valence-electron chi connectivity index (χ2n) is 10.3. The number of aliphatic imine (C=N–C) groups is 1. The summed E-state index contributed by atoms with van der Waals surface area (Å²) in [5.74, 6) is -0.337. The molecule has 0 spiro atoms. The Morgan fingerprint density at radius 2 is 1.89 bits per heavy atom. The van der Waals surface area contributed by atoms with Gasteiger partial charge in [-0.2, -0.15) is 0 Å². The van der Waals surface area contributed by atoms with Crippen molar-refractivity contribution in [1.82, 2.24) is 0 Å². The number of allylic oxidation sites excluding steroid dienone is 4. The number of fused-ring (bicyclic) bond motifs is 2. The van der Waals surface area contributed by atoms with Crippen molar-refractivity contribution in [2.75, 3.05) is 6.61 Å². The fraction of sp³-hybridized carbons (Fsp3) is 0.719. The molecule has 2 rings (SSSR count). The highest BCUT2D eigenvalue weighted by molar-refractivity contribution is 5.86. The summed E-state index contributed by atoms with van der Waals surface area (Å²) in [5.41, 5.74) is 3.46. The van der Waals surface area contributed by atoms with Crippen molar-refractivity contribution in [1.29, 1.82) is 0 Å². The minimum Gasteiger partial charge on any atom is -0.462 e. The summed E-state index contributed by atoms with van der Waals surface area (Å²) >= 11 is 0. The molecule has 0 amide bonds. The van der Waals surface area contributed by atoms with E-state index in [2.05, 4.69) is 25.8 Å². The molecule has 6 nitrogen and oxygen atoms in total. The van der Waals surface area contributed by atoms with Crippen molar-refractivity contribution in [2.24, 2.45) is 16.8 Å². The fourth-order valence-corrected chi connectivity index (χ4v) is 4.50. The molecule has 6 heteroatoms. The van der Waals surface area contributed by atoms with Crippen LogP contribution < -0.4 is 0 Å². The summed E-state index contributed by atoms with van der Waals surface area (Å²) < 4.78 is 11.0. The van der Waals surface area contributed by atoms with E-state index in [0.29, 0.717) is 5.92 Å². The summed E-state index contributed by atoms with van der Waals surface area (Å²) in [7, 11) is 0. The summed E-state index contributed by atoms with van der Waals surface area (Å²) in [4.78, 5) is 28.9. The van der Waals surface area contributed by atoms with Crippen LogP contribution in [0.5, 0.6) is 0 Å². The van der Waals surface area contributed by atoms with Gasteiger partial charge in [0.1, 0.15) is 18.8 Å². The van der Waals surface area contributed by atoms with Crippen LogP contribution in [0.2, 0.25) is 0 Å². The average Bonchev–Trinajstić information content (AvgIpc) is 2.88. The predicted octanol–water partition coefficient (Wildman–Crippen LogP) is 7.55. The van der Waals surface area contributed by atoms with Crippen LogP contribution in [0.3, 0.4) is 0 Å². The van der Waals surface area contributed by atoms with Gasteiger partial charge in [0.15, 0.2) is 5.78 Å². The third-order valence-corrected chi connectivity index (χ3v) is 6.56. The van der Waals surface area contributed by atoms with E-state index < -0.39 is 24.3 Å². The van der Waals surface area contributed by atoms with Crippen molar-refractivity contribution < 1.29 is 24.2 Å². The smallest absolute Gasteiger partial charge is 0.308 e. The Labute approximate surface area is 232 Å². The lowest BCUT2D eigenvalue weighted by atomic mass is 9.86. The van der Waals surface area contributed by atoms with Gasteiger partial charge in [-0.1, -0.05) is 71.3 Å². The molecule has 1 fully saturated rings. The van der Waals surface area contributed by atoms with Gasteiger partial charge in [-0.05, 0) is 71.8 Å². The van der Waals surface area contributed by atoms with Gasteiger partial charge >= 0.3 is 5.97 Å². The highest BCUT2D eigenvalue weighted by atomic mass is 16.6. The Morgan fingerprint density at radius 1 is 1.21 bits per heavy atom. The van der Waals surface area contributed by atoms with Gasteiger partial charge in [0.2, 0.25) is 0 Å². The molecule has 5 atom stereocenters. The van der Waals surface area contributed by atoms with Gasteiger partial charge in [-0.15, -0.1) is 0 Å². The quantitative estimate of drug-likeness (QED) is 0.171. The first-order valence-corrected chi connectivity index (χ1v) is 14.6. The number of nitrogens with zero attached hydrogens (tertiary/aromatic N) is 1. The molecule has 1 saturated heterocycles. The van der Waals surface area contributed by atoms with Crippen molar-refractivity contribution in [2.45, 2.75) is 132 Å². The van der Waals surface area contributed by atoms with Crippen LogP contribution in [0.1, 0.15) is 114 Å². The molecule has 1 N–H and O–H groups in total. The fourth-order valence-electron chi connectivity index (χ4n) is 4.50. The van der Waals surface area contributed by atoms with E-state index in [1.165, 1.54) is 18.6 Å². The molecule has 5 unspecified atom stereocenters. The number of ether oxygens (including phenoxy) is 2. The van der Waals surface area contributed by atoms with Gasteiger partial charge in [-0.3, -0.25) is 14.6 Å². The van der Waals surface area contributed by atoms with Crippen molar-refractivity contribution >= 4 is 17.5 Å². The minimum absolute atomic E-state index is 0.0947. The average molecular weight is 534 g/mol. The molecule has 38 heavy (non-hydrogen) atoms. The Balaban J connectivity index is 0.000000780. The Bertz CT molecular complexity index is 811. The highest BCUT2D eigenvalue weighted by Crippen LogP contribution is 2.26. The molecule has 2 aliphatic rings. The molecular weight excluding hydrogens is 478 g/mol. The van der Waals surface area contributed by atoms with Crippen LogP contribution in [-0.2, 0) is 19.1 Å². The highest BCUT2D eigenvalue weighted by Gasteiger charge is 2.37. The molecule has 2 aliphatic heterocycles. The van der Waals surface area contributed by atoms with Gasteiger partial charge in [0.05, 0.1) is 18.2 Å². The summed E-state index contributed by atoms with van der Waals surface area (Å²) in [6, 6.07) is 0. The summed E-state index contributed by atoms with van der Waals surface area (Å²) in [5, 5.41) is 10.3. The van der Waals surface area contributed by atoms with Crippen molar-refractivity contribution in [3.8, 4) is 0 Å². The van der Waals surface area contributed by atoms with Crippen molar-refractivity contribution in [3.63, 3.8) is 0 Å². The van der Waals surface area contributed by atoms with E-state index in [1.54, 1.807) is 0 Å². The topological polar surface area (TPSA) is 85.2 Å². The maximum atomic E-state index is 12.7. The van der Waals surface area contributed by atoms with E-state index in [-0.39, 0.29) is 24.7 Å². The number of aliphatic hydroxyl groups is 1. The molecule has 0 aromatic rings. The zero-order chi connectivity index (χ0) is 29.1. The zero-order valence-corrected chi connectivity index (χ0v) is 25.6. The standard InChI is InChI=1S/C18H28O5.C12H21N.C2H6/c1-11-5-4-6-12(2)8-14-10-22-16(20)9-15(19)18(23-14)17(21)13(3)7-11;1-5-8-10-11(4)13-12(7-3)9-6-2;1-2/h8,11,13-15,18-19H,4-7,9-10H2,1-3H3;6-7,9H,5,8,10H2,1-4H3;1-2H3/b12-8-;9-6-,12-7-,13-11?;. The van der Waals surface area contributed by atoms with E-state index in [0.717, 1.165) is 43.4 Å². The lowest BCUT2D eigenvalue weighted by molar-refractivity contribution is -0.169. The van der Waals surface area contributed by atoms with E-state index in [4.69, 9.17) is 9.47 Å². The zero-order valence-electron chi connectivity index (χ0n) is 25.6. The number of cyclic esters (lactones) is 1. The molecular formula is C32H55NO5. The monoisotopic (exact) mass is 533 g/mol. The third kappa shape index (κ3) is 14.8. The molecule has 0 aromatic carbocycles. The Morgan fingerprint density at radius 3 is 2.50 bits per heavy atom. The Hall–Kier alpha value is -2.05. The predicted molar refractivity (Wildman–Crippen MR) is 158 cm³/mol. The number of unbranched alkanes of at least 4 members (excludes halogenated alkanes) is 1. The van der Waals surface area contributed by atoms with Crippen LogP contribution in [-0.4, -0.2) is 47.5 Å². The number of carbonyl (C=O) groups is 2.